The van der Waals surface area contributed by atoms with Crippen LogP contribution in [0.1, 0.15) is 56.8 Å². The Morgan fingerprint density at radius 2 is 1.74 bits per heavy atom. The van der Waals surface area contributed by atoms with Crippen LogP contribution in [-0.4, -0.2) is 65.9 Å². The van der Waals surface area contributed by atoms with Crippen LogP contribution in [-0.2, 0) is 11.3 Å². The Hall–Kier alpha value is -2.80. The second-order valence-electron chi connectivity index (χ2n) is 9.99. The number of carbonyl (C=O) groups excluding carboxylic acids is 2. The molecule has 34 heavy (non-hydrogen) atoms. The van der Waals surface area contributed by atoms with Crippen molar-refractivity contribution in [3.05, 3.63) is 54.0 Å². The Morgan fingerprint density at radius 1 is 1.06 bits per heavy atom. The van der Waals surface area contributed by atoms with E-state index in [1.807, 2.05) is 36.2 Å². The summed E-state index contributed by atoms with van der Waals surface area (Å²) in [5, 5.41) is 3.03. The van der Waals surface area contributed by atoms with E-state index in [2.05, 4.69) is 36.2 Å². The highest BCUT2D eigenvalue weighted by atomic mass is 16.3. The summed E-state index contributed by atoms with van der Waals surface area (Å²) in [5.74, 6) is 1.80. The molecule has 0 radical (unpaired) electrons. The van der Waals surface area contributed by atoms with Crippen molar-refractivity contribution in [3.63, 3.8) is 0 Å². The molecule has 1 N–H and O–H groups in total. The first-order chi connectivity index (χ1) is 16.4. The van der Waals surface area contributed by atoms with Gasteiger partial charge in [-0.2, -0.15) is 0 Å². The first-order valence-corrected chi connectivity index (χ1v) is 12.6. The molecule has 0 unspecified atom stereocenters. The second-order valence-corrected chi connectivity index (χ2v) is 9.99. The van der Waals surface area contributed by atoms with Gasteiger partial charge in [-0.3, -0.25) is 9.69 Å². The maximum atomic E-state index is 13.5. The lowest BCUT2D eigenvalue weighted by molar-refractivity contribution is -0.139. The zero-order chi connectivity index (χ0) is 24.1. The van der Waals surface area contributed by atoms with Crippen LogP contribution in [0.3, 0.4) is 0 Å². The molecule has 0 spiro atoms. The third kappa shape index (κ3) is 5.81. The first kappa shape index (κ1) is 24.3. The number of carbonyl (C=O) groups is 2. The van der Waals surface area contributed by atoms with Crippen molar-refractivity contribution >= 4 is 17.6 Å². The minimum Gasteiger partial charge on any atom is -0.467 e. The lowest BCUT2D eigenvalue weighted by atomic mass is 9.94. The van der Waals surface area contributed by atoms with Gasteiger partial charge in [0.15, 0.2) is 0 Å². The Balaban J connectivity index is 1.35. The third-order valence-corrected chi connectivity index (χ3v) is 7.27. The maximum absolute atomic E-state index is 13.5. The number of piperazine rings is 1. The third-order valence-electron chi connectivity index (χ3n) is 7.27. The summed E-state index contributed by atoms with van der Waals surface area (Å²) in [4.78, 5) is 32.3. The van der Waals surface area contributed by atoms with E-state index in [9.17, 15) is 9.59 Å². The predicted molar refractivity (Wildman–Crippen MR) is 134 cm³/mol. The fourth-order valence-electron chi connectivity index (χ4n) is 5.23. The van der Waals surface area contributed by atoms with Crippen molar-refractivity contribution in [3.8, 4) is 0 Å². The molecule has 2 aromatic rings. The van der Waals surface area contributed by atoms with Gasteiger partial charge in [0.05, 0.1) is 18.8 Å². The van der Waals surface area contributed by atoms with Gasteiger partial charge in [0, 0.05) is 38.9 Å². The van der Waals surface area contributed by atoms with Crippen LogP contribution in [0.5, 0.6) is 0 Å². The molecule has 4 rings (SSSR count). The molecule has 2 heterocycles. The Morgan fingerprint density at radius 3 is 2.32 bits per heavy atom. The normalized spacial score (nSPS) is 18.3. The van der Waals surface area contributed by atoms with E-state index in [1.165, 1.54) is 18.4 Å². The smallest absolute Gasteiger partial charge is 0.321 e. The van der Waals surface area contributed by atoms with Gasteiger partial charge in [-0.05, 0) is 54.5 Å². The summed E-state index contributed by atoms with van der Waals surface area (Å²) >= 11 is 0. The average molecular weight is 467 g/mol. The van der Waals surface area contributed by atoms with Crippen molar-refractivity contribution in [2.45, 2.75) is 58.0 Å². The van der Waals surface area contributed by atoms with Crippen LogP contribution in [0.25, 0.3) is 0 Å². The fourth-order valence-corrected chi connectivity index (χ4v) is 5.23. The van der Waals surface area contributed by atoms with E-state index in [0.717, 1.165) is 24.3 Å². The number of furan rings is 1. The molecule has 1 saturated carbocycles. The molecule has 184 valence electrons. The number of amides is 3. The Kier molecular flexibility index (Phi) is 7.93. The molecule has 3 amide bonds. The number of anilines is 1. The summed E-state index contributed by atoms with van der Waals surface area (Å²) in [5.41, 5.74) is 2.07. The fraction of sp³-hybridized carbons (Fsp3) is 0.556. The maximum Gasteiger partial charge on any atom is 0.321 e. The largest absolute Gasteiger partial charge is 0.467 e. The summed E-state index contributed by atoms with van der Waals surface area (Å²) in [6, 6.07) is 11.6. The molecule has 1 saturated heterocycles. The van der Waals surface area contributed by atoms with Gasteiger partial charge >= 0.3 is 6.03 Å². The monoisotopic (exact) mass is 466 g/mol. The highest BCUT2D eigenvalue weighted by molar-refractivity contribution is 5.89. The summed E-state index contributed by atoms with van der Waals surface area (Å²) in [7, 11) is 1.86. The van der Waals surface area contributed by atoms with E-state index in [0.29, 0.717) is 44.6 Å². The van der Waals surface area contributed by atoms with Crippen LogP contribution in [0.15, 0.2) is 47.1 Å². The standard InChI is InChI=1S/C27H38N4O3/c1-20(2)21-10-12-23(13-11-21)28-27(33)31-16-14-30(15-17-31)25(22-7-4-5-8-22)26(32)29(3)19-24-9-6-18-34-24/h6,9-13,18,20,22,25H,4-5,7-8,14-17,19H2,1-3H3,(H,28,33)/t25-/m1/s1. The Bertz CT molecular complexity index is 927. The van der Waals surface area contributed by atoms with Crippen LogP contribution in [0, 0.1) is 5.92 Å². The minimum absolute atomic E-state index is 0.0735. The number of urea groups is 1. The molecule has 7 nitrogen and oxygen atoms in total. The van der Waals surface area contributed by atoms with E-state index in [1.54, 1.807) is 11.2 Å². The van der Waals surface area contributed by atoms with Crippen molar-refractivity contribution in [2.24, 2.45) is 5.92 Å². The number of nitrogens with one attached hydrogen (secondary N) is 1. The minimum atomic E-state index is -0.128. The van der Waals surface area contributed by atoms with Gasteiger partial charge in [0.25, 0.3) is 0 Å². The number of rotatable bonds is 7. The lowest BCUT2D eigenvalue weighted by Gasteiger charge is -2.41. The molecule has 1 aromatic heterocycles. The number of nitrogens with zero attached hydrogens (tertiary/aromatic N) is 3. The van der Waals surface area contributed by atoms with E-state index >= 15 is 0 Å². The molecule has 2 fully saturated rings. The van der Waals surface area contributed by atoms with Gasteiger partial charge in [-0.15, -0.1) is 0 Å². The van der Waals surface area contributed by atoms with Gasteiger partial charge in [0.2, 0.25) is 5.91 Å². The molecule has 1 aliphatic heterocycles. The van der Waals surface area contributed by atoms with Crippen LogP contribution < -0.4 is 5.32 Å². The SMILES string of the molecule is CC(C)c1ccc(NC(=O)N2CCN([C@@H](C(=O)N(C)Cc3ccco3)C3CCCC3)CC2)cc1. The van der Waals surface area contributed by atoms with E-state index in [4.69, 9.17) is 4.42 Å². The zero-order valence-electron chi connectivity index (χ0n) is 20.7. The van der Waals surface area contributed by atoms with E-state index < -0.39 is 0 Å². The van der Waals surface area contributed by atoms with Gasteiger partial charge in [-0.25, -0.2) is 4.79 Å². The molecule has 1 atom stereocenters. The van der Waals surface area contributed by atoms with Crippen LogP contribution in [0.2, 0.25) is 0 Å². The highest BCUT2D eigenvalue weighted by Crippen LogP contribution is 2.32. The summed E-state index contributed by atoms with van der Waals surface area (Å²) in [6.07, 6.45) is 6.21. The second kappa shape index (κ2) is 11.1. The molecule has 2 aliphatic rings. The van der Waals surface area contributed by atoms with Gasteiger partial charge < -0.3 is 19.5 Å². The molecule has 1 aromatic carbocycles. The Labute approximate surface area is 203 Å². The number of hydrogen-bond donors (Lipinski definition) is 1. The topological polar surface area (TPSA) is 69.0 Å². The first-order valence-electron chi connectivity index (χ1n) is 12.6. The number of likely N-dealkylation sites (N-methyl/N-ethyl adjacent to an activating group) is 1. The van der Waals surface area contributed by atoms with Crippen molar-refractivity contribution in [2.75, 3.05) is 38.5 Å². The van der Waals surface area contributed by atoms with Crippen molar-refractivity contribution in [1.29, 1.82) is 0 Å². The number of hydrogen-bond acceptors (Lipinski definition) is 4. The van der Waals surface area contributed by atoms with Crippen molar-refractivity contribution < 1.29 is 14.0 Å². The molecular formula is C27H38N4O3. The molecule has 0 bridgehead atoms. The highest BCUT2D eigenvalue weighted by Gasteiger charge is 2.38. The van der Waals surface area contributed by atoms with Gasteiger partial charge in [-0.1, -0.05) is 38.8 Å². The van der Waals surface area contributed by atoms with Gasteiger partial charge in [0.1, 0.15) is 5.76 Å². The predicted octanol–water partition coefficient (Wildman–Crippen LogP) is 4.77. The van der Waals surface area contributed by atoms with Crippen LogP contribution >= 0.6 is 0 Å². The average Bonchev–Trinajstić information content (AvgIpc) is 3.55. The number of benzene rings is 1. The summed E-state index contributed by atoms with van der Waals surface area (Å²) < 4.78 is 5.45. The van der Waals surface area contributed by atoms with Crippen LogP contribution in [0.4, 0.5) is 10.5 Å². The summed E-state index contributed by atoms with van der Waals surface area (Å²) in [6.45, 7) is 7.45. The molecule has 7 heteroatoms. The van der Waals surface area contributed by atoms with E-state index in [-0.39, 0.29) is 18.0 Å². The molecule has 1 aliphatic carbocycles. The molecular weight excluding hydrogens is 428 g/mol. The zero-order valence-corrected chi connectivity index (χ0v) is 20.7. The lowest BCUT2D eigenvalue weighted by Crippen LogP contribution is -2.58. The van der Waals surface area contributed by atoms with Crippen molar-refractivity contribution in [1.82, 2.24) is 14.7 Å². The quantitative estimate of drug-likeness (QED) is 0.638.